The first-order valence-electron chi connectivity index (χ1n) is 7.81. The highest BCUT2D eigenvalue weighted by Crippen LogP contribution is 2.28. The summed E-state index contributed by atoms with van der Waals surface area (Å²) in [6.45, 7) is 2.64. The van der Waals surface area contributed by atoms with Gasteiger partial charge in [0.05, 0.1) is 12.6 Å². The van der Waals surface area contributed by atoms with Gasteiger partial charge in [0.2, 0.25) is 5.91 Å². The van der Waals surface area contributed by atoms with E-state index in [9.17, 15) is 9.90 Å². The zero-order valence-electron chi connectivity index (χ0n) is 12.3. The van der Waals surface area contributed by atoms with E-state index in [0.717, 1.165) is 37.8 Å². The van der Waals surface area contributed by atoms with E-state index in [4.69, 9.17) is 0 Å². The van der Waals surface area contributed by atoms with Gasteiger partial charge in [-0.05, 0) is 49.9 Å². The molecule has 21 heavy (non-hydrogen) atoms. The van der Waals surface area contributed by atoms with E-state index >= 15 is 0 Å². The minimum Gasteiger partial charge on any atom is -0.392 e. The van der Waals surface area contributed by atoms with Crippen molar-refractivity contribution < 1.29 is 9.90 Å². The molecule has 5 heteroatoms. The molecular weight excluding hydrogens is 266 g/mol. The highest BCUT2D eigenvalue weighted by Gasteiger charge is 2.33. The molecule has 1 saturated carbocycles. The third kappa shape index (κ3) is 4.02. The average Bonchev–Trinajstić information content (AvgIpc) is 3.30. The molecule has 2 aliphatic rings. The number of piperidine rings is 1. The number of likely N-dealkylation sites (tertiary alicyclic amines) is 1. The van der Waals surface area contributed by atoms with Crippen molar-refractivity contribution in [3.05, 3.63) is 30.1 Å². The minimum atomic E-state index is -0.277. The molecule has 1 unspecified atom stereocenters. The first kappa shape index (κ1) is 14.5. The van der Waals surface area contributed by atoms with Gasteiger partial charge >= 0.3 is 0 Å². The van der Waals surface area contributed by atoms with E-state index in [1.807, 2.05) is 17.0 Å². The molecule has 0 aromatic carbocycles. The number of aliphatic hydroxyl groups excluding tert-OH is 1. The largest absolute Gasteiger partial charge is 0.392 e. The van der Waals surface area contributed by atoms with Crippen LogP contribution in [0.1, 0.15) is 31.2 Å². The van der Waals surface area contributed by atoms with Crippen LogP contribution in [0, 0.1) is 0 Å². The molecule has 3 rings (SSSR count). The fourth-order valence-corrected chi connectivity index (χ4v) is 2.95. The van der Waals surface area contributed by atoms with Gasteiger partial charge in [-0.15, -0.1) is 0 Å². The zero-order chi connectivity index (χ0) is 14.7. The lowest BCUT2D eigenvalue weighted by molar-refractivity contribution is -0.134. The fraction of sp³-hybridized carbons (Fsp3) is 0.625. The van der Waals surface area contributed by atoms with Gasteiger partial charge in [-0.25, -0.2) is 0 Å². The normalized spacial score (nSPS) is 23.0. The first-order chi connectivity index (χ1) is 10.2. The van der Waals surface area contributed by atoms with Crippen molar-refractivity contribution in [3.63, 3.8) is 0 Å². The Bertz CT molecular complexity index is 476. The van der Waals surface area contributed by atoms with Gasteiger partial charge in [0.1, 0.15) is 0 Å². The SMILES string of the molecule is O=C(CN1CCCC(O)C1)N(Cc1ccncc1)C1CC1. The Labute approximate surface area is 125 Å². The second kappa shape index (κ2) is 6.54. The Morgan fingerprint density at radius 2 is 2.10 bits per heavy atom. The van der Waals surface area contributed by atoms with Gasteiger partial charge in [0.25, 0.3) is 0 Å². The standard InChI is InChI=1S/C16H23N3O2/c20-15-2-1-9-18(11-15)12-16(21)19(14-3-4-14)10-13-5-7-17-8-6-13/h5-8,14-15,20H,1-4,9-12H2. The molecule has 1 aliphatic heterocycles. The number of carbonyl (C=O) groups excluding carboxylic acids is 1. The third-order valence-electron chi connectivity index (χ3n) is 4.25. The van der Waals surface area contributed by atoms with Gasteiger partial charge < -0.3 is 10.0 Å². The lowest BCUT2D eigenvalue weighted by atomic mass is 10.1. The smallest absolute Gasteiger partial charge is 0.237 e. The second-order valence-corrected chi connectivity index (χ2v) is 6.14. The molecule has 2 heterocycles. The number of β-amino-alcohol motifs (C(OH)–C–C–N with tert-alkyl or cyclic N) is 1. The Hall–Kier alpha value is -1.46. The molecule has 1 saturated heterocycles. The van der Waals surface area contributed by atoms with E-state index in [1.54, 1.807) is 12.4 Å². The number of aromatic nitrogens is 1. The molecule has 1 aromatic heterocycles. The topological polar surface area (TPSA) is 56.7 Å². The predicted octanol–water partition coefficient (Wildman–Crippen LogP) is 1.03. The zero-order valence-corrected chi connectivity index (χ0v) is 12.3. The van der Waals surface area contributed by atoms with E-state index in [2.05, 4.69) is 9.88 Å². The summed E-state index contributed by atoms with van der Waals surface area (Å²) < 4.78 is 0. The van der Waals surface area contributed by atoms with Gasteiger partial charge in [-0.2, -0.15) is 0 Å². The summed E-state index contributed by atoms with van der Waals surface area (Å²) in [5.74, 6) is 0.184. The van der Waals surface area contributed by atoms with Crippen molar-refractivity contribution in [1.29, 1.82) is 0 Å². The maximum absolute atomic E-state index is 12.6. The Kier molecular flexibility index (Phi) is 4.51. The quantitative estimate of drug-likeness (QED) is 0.879. The molecule has 2 fully saturated rings. The molecule has 1 amide bonds. The van der Waals surface area contributed by atoms with Crippen LogP contribution in [-0.2, 0) is 11.3 Å². The third-order valence-corrected chi connectivity index (χ3v) is 4.25. The van der Waals surface area contributed by atoms with Crippen LogP contribution in [-0.4, -0.2) is 57.6 Å². The van der Waals surface area contributed by atoms with Crippen LogP contribution in [0.2, 0.25) is 0 Å². The molecule has 114 valence electrons. The first-order valence-corrected chi connectivity index (χ1v) is 7.81. The van der Waals surface area contributed by atoms with Gasteiger partial charge in [0, 0.05) is 31.5 Å². The van der Waals surface area contributed by atoms with Gasteiger partial charge in [-0.1, -0.05) is 0 Å². The van der Waals surface area contributed by atoms with Crippen molar-refractivity contribution in [2.45, 2.75) is 44.4 Å². The molecule has 1 atom stereocenters. The average molecular weight is 289 g/mol. The molecule has 5 nitrogen and oxygen atoms in total. The van der Waals surface area contributed by atoms with E-state index < -0.39 is 0 Å². The number of carbonyl (C=O) groups is 1. The summed E-state index contributed by atoms with van der Waals surface area (Å²) >= 11 is 0. The van der Waals surface area contributed by atoms with E-state index in [-0.39, 0.29) is 12.0 Å². The molecule has 0 radical (unpaired) electrons. The number of hydrogen-bond acceptors (Lipinski definition) is 4. The van der Waals surface area contributed by atoms with Crippen LogP contribution < -0.4 is 0 Å². The lowest BCUT2D eigenvalue weighted by Crippen LogP contribution is -2.46. The Morgan fingerprint density at radius 3 is 2.76 bits per heavy atom. The van der Waals surface area contributed by atoms with Crippen LogP contribution in [0.4, 0.5) is 0 Å². The number of rotatable bonds is 5. The van der Waals surface area contributed by atoms with Crippen molar-refractivity contribution in [2.24, 2.45) is 0 Å². The van der Waals surface area contributed by atoms with Crippen molar-refractivity contribution >= 4 is 5.91 Å². The van der Waals surface area contributed by atoms with Crippen molar-refractivity contribution in [1.82, 2.24) is 14.8 Å². The van der Waals surface area contributed by atoms with E-state index in [0.29, 0.717) is 25.7 Å². The number of aliphatic hydroxyl groups is 1. The van der Waals surface area contributed by atoms with Gasteiger partial charge in [0.15, 0.2) is 0 Å². The maximum atomic E-state index is 12.6. The predicted molar refractivity (Wildman–Crippen MR) is 79.5 cm³/mol. The Morgan fingerprint density at radius 1 is 1.33 bits per heavy atom. The van der Waals surface area contributed by atoms with Gasteiger partial charge in [-0.3, -0.25) is 14.7 Å². The van der Waals surface area contributed by atoms with Crippen molar-refractivity contribution in [3.8, 4) is 0 Å². The summed E-state index contributed by atoms with van der Waals surface area (Å²) in [6.07, 6.45) is 7.31. The lowest BCUT2D eigenvalue weighted by Gasteiger charge is -2.32. The molecular formula is C16H23N3O2. The monoisotopic (exact) mass is 289 g/mol. The number of nitrogens with zero attached hydrogens (tertiary/aromatic N) is 3. The second-order valence-electron chi connectivity index (χ2n) is 6.14. The molecule has 1 aliphatic carbocycles. The number of hydrogen-bond donors (Lipinski definition) is 1. The summed E-state index contributed by atoms with van der Waals surface area (Å²) in [5, 5.41) is 9.71. The van der Waals surface area contributed by atoms with Crippen LogP contribution in [0.25, 0.3) is 0 Å². The molecule has 1 aromatic rings. The minimum absolute atomic E-state index is 0.184. The summed E-state index contributed by atoms with van der Waals surface area (Å²) in [6, 6.07) is 4.33. The molecule has 1 N–H and O–H groups in total. The maximum Gasteiger partial charge on any atom is 0.237 e. The van der Waals surface area contributed by atoms with Crippen LogP contribution in [0.15, 0.2) is 24.5 Å². The van der Waals surface area contributed by atoms with E-state index in [1.165, 1.54) is 0 Å². The highest BCUT2D eigenvalue weighted by molar-refractivity contribution is 5.79. The Balaban J connectivity index is 1.59. The molecule has 0 spiro atoms. The fourth-order valence-electron chi connectivity index (χ4n) is 2.95. The summed E-state index contributed by atoms with van der Waals surface area (Å²) in [4.78, 5) is 20.7. The van der Waals surface area contributed by atoms with Crippen LogP contribution in [0.3, 0.4) is 0 Å². The van der Waals surface area contributed by atoms with Crippen LogP contribution in [0.5, 0.6) is 0 Å². The number of pyridine rings is 1. The van der Waals surface area contributed by atoms with Crippen LogP contribution >= 0.6 is 0 Å². The number of amides is 1. The summed E-state index contributed by atoms with van der Waals surface area (Å²) in [7, 11) is 0. The summed E-state index contributed by atoms with van der Waals surface area (Å²) in [5.41, 5.74) is 1.13. The molecule has 0 bridgehead atoms. The highest BCUT2D eigenvalue weighted by atomic mass is 16.3. The van der Waals surface area contributed by atoms with Crippen molar-refractivity contribution in [2.75, 3.05) is 19.6 Å².